The molecular formula is C52H32N4O. The molecule has 0 fully saturated rings. The van der Waals surface area contributed by atoms with Gasteiger partial charge in [-0.25, -0.2) is 15.0 Å². The number of furan rings is 1. The van der Waals surface area contributed by atoms with Crippen molar-refractivity contribution < 1.29 is 4.42 Å². The summed E-state index contributed by atoms with van der Waals surface area (Å²) in [6, 6.07) is 68.1. The number of fused-ring (bicyclic) bond motifs is 3. The van der Waals surface area contributed by atoms with Gasteiger partial charge in [0.1, 0.15) is 11.2 Å². The zero-order chi connectivity index (χ0) is 38.1. The number of nitriles is 1. The van der Waals surface area contributed by atoms with Crippen LogP contribution in [0.2, 0.25) is 0 Å². The number of benzene rings is 8. The third kappa shape index (κ3) is 6.42. The minimum absolute atomic E-state index is 0.545. The van der Waals surface area contributed by atoms with E-state index in [4.69, 9.17) is 19.4 Å². The van der Waals surface area contributed by atoms with E-state index in [1.165, 1.54) is 11.1 Å². The average Bonchev–Trinajstić information content (AvgIpc) is 3.68. The molecule has 10 aromatic rings. The molecule has 5 nitrogen and oxygen atoms in total. The Morgan fingerprint density at radius 2 is 0.860 bits per heavy atom. The average molecular weight is 729 g/mol. The normalized spacial score (nSPS) is 11.1. The van der Waals surface area contributed by atoms with Gasteiger partial charge in [-0.05, 0) is 75.3 Å². The summed E-state index contributed by atoms with van der Waals surface area (Å²) in [5, 5.41) is 12.1. The predicted octanol–water partition coefficient (Wildman–Crippen LogP) is 13.3. The van der Waals surface area contributed by atoms with Gasteiger partial charge in [0.2, 0.25) is 0 Å². The van der Waals surface area contributed by atoms with Crippen LogP contribution in [0.4, 0.5) is 0 Å². The molecule has 0 saturated heterocycles. The predicted molar refractivity (Wildman–Crippen MR) is 230 cm³/mol. The maximum atomic E-state index is 9.99. The van der Waals surface area contributed by atoms with Crippen LogP contribution in [0.1, 0.15) is 5.56 Å². The van der Waals surface area contributed by atoms with Gasteiger partial charge in [-0.1, -0.05) is 158 Å². The smallest absolute Gasteiger partial charge is 0.164 e. The zero-order valence-electron chi connectivity index (χ0n) is 30.7. The minimum Gasteiger partial charge on any atom is -0.456 e. The fraction of sp³-hybridized carbons (Fsp3) is 0. The summed E-state index contributed by atoms with van der Waals surface area (Å²) >= 11 is 0. The van der Waals surface area contributed by atoms with E-state index in [1.54, 1.807) is 0 Å². The molecule has 10 rings (SSSR count). The molecule has 0 amide bonds. The molecule has 0 aliphatic carbocycles. The topological polar surface area (TPSA) is 75.6 Å². The van der Waals surface area contributed by atoms with E-state index in [0.717, 1.165) is 72.0 Å². The number of hydrogen-bond acceptors (Lipinski definition) is 5. The van der Waals surface area contributed by atoms with Crippen LogP contribution in [0.25, 0.3) is 101 Å². The monoisotopic (exact) mass is 728 g/mol. The fourth-order valence-electron chi connectivity index (χ4n) is 7.54. The van der Waals surface area contributed by atoms with E-state index < -0.39 is 0 Å². The summed E-state index contributed by atoms with van der Waals surface area (Å²) in [5.41, 5.74) is 13.3. The Morgan fingerprint density at radius 1 is 0.351 bits per heavy atom. The van der Waals surface area contributed by atoms with Crippen LogP contribution in [0.5, 0.6) is 0 Å². The second kappa shape index (κ2) is 14.4. The standard InChI is InChI=1S/C52H32N4O/c53-33-43-27-26-40(35-14-6-2-7-15-35)31-46(43)36-22-24-38(25-23-36)51-54-50(37-16-8-3-9-17-37)55-52(56-51)42-28-29-45-48(32-42)57-47-21-11-20-44(49(45)47)41-19-10-18-39(30-41)34-12-4-1-5-13-34/h1-32H. The SMILES string of the molecule is N#Cc1ccc(-c2ccccc2)cc1-c1ccc(-c2nc(-c3ccccc3)nc(-c3ccc4c(c3)oc3cccc(-c5cccc(-c6ccccc6)c5)c34)n2)cc1. The van der Waals surface area contributed by atoms with Gasteiger partial charge in [0.15, 0.2) is 17.5 Å². The first-order valence-electron chi connectivity index (χ1n) is 18.8. The molecule has 0 radical (unpaired) electrons. The van der Waals surface area contributed by atoms with Crippen LogP contribution in [0.3, 0.4) is 0 Å². The summed E-state index contributed by atoms with van der Waals surface area (Å²) in [6.45, 7) is 0. The maximum Gasteiger partial charge on any atom is 0.164 e. The Balaban J connectivity index is 1.05. The molecule has 0 aliphatic rings. The molecule has 0 spiro atoms. The molecule has 266 valence electrons. The Labute approximate surface area is 329 Å². The molecule has 0 N–H and O–H groups in total. The van der Waals surface area contributed by atoms with Crippen molar-refractivity contribution in [3.8, 4) is 84.7 Å². The van der Waals surface area contributed by atoms with E-state index in [-0.39, 0.29) is 0 Å². The van der Waals surface area contributed by atoms with Gasteiger partial charge in [-0.15, -0.1) is 0 Å². The molecule has 0 atom stereocenters. The summed E-state index contributed by atoms with van der Waals surface area (Å²) in [6.07, 6.45) is 0. The lowest BCUT2D eigenvalue weighted by Gasteiger charge is -2.11. The van der Waals surface area contributed by atoms with Crippen molar-refractivity contribution in [3.05, 3.63) is 200 Å². The molecule has 5 heteroatoms. The van der Waals surface area contributed by atoms with E-state index in [9.17, 15) is 5.26 Å². The lowest BCUT2D eigenvalue weighted by Crippen LogP contribution is -2.00. The van der Waals surface area contributed by atoms with Crippen molar-refractivity contribution in [2.75, 3.05) is 0 Å². The molecule has 8 aromatic carbocycles. The zero-order valence-corrected chi connectivity index (χ0v) is 30.7. The largest absolute Gasteiger partial charge is 0.456 e. The van der Waals surface area contributed by atoms with E-state index >= 15 is 0 Å². The van der Waals surface area contributed by atoms with Crippen molar-refractivity contribution in [2.24, 2.45) is 0 Å². The highest BCUT2D eigenvalue weighted by Crippen LogP contribution is 2.39. The maximum absolute atomic E-state index is 9.99. The Kier molecular flexibility index (Phi) is 8.48. The van der Waals surface area contributed by atoms with E-state index in [1.807, 2.05) is 109 Å². The Hall–Kier alpha value is -7.94. The van der Waals surface area contributed by atoms with Crippen LogP contribution in [-0.2, 0) is 0 Å². The van der Waals surface area contributed by atoms with Crippen LogP contribution < -0.4 is 0 Å². The molecule has 0 saturated carbocycles. The van der Waals surface area contributed by atoms with Gasteiger partial charge in [0, 0.05) is 33.0 Å². The highest BCUT2D eigenvalue weighted by atomic mass is 16.3. The number of aromatic nitrogens is 3. The van der Waals surface area contributed by atoms with Gasteiger partial charge >= 0.3 is 0 Å². The van der Waals surface area contributed by atoms with Gasteiger partial charge in [-0.2, -0.15) is 5.26 Å². The summed E-state index contributed by atoms with van der Waals surface area (Å²) in [7, 11) is 0. The summed E-state index contributed by atoms with van der Waals surface area (Å²) < 4.78 is 6.54. The van der Waals surface area contributed by atoms with Gasteiger partial charge in [-0.3, -0.25) is 0 Å². The van der Waals surface area contributed by atoms with Crippen LogP contribution in [0, 0.1) is 11.3 Å². The second-order valence-electron chi connectivity index (χ2n) is 13.9. The van der Waals surface area contributed by atoms with Crippen molar-refractivity contribution in [3.63, 3.8) is 0 Å². The molecule has 0 aliphatic heterocycles. The first-order chi connectivity index (χ1) is 28.2. The lowest BCUT2D eigenvalue weighted by molar-refractivity contribution is 0.669. The van der Waals surface area contributed by atoms with Crippen molar-refractivity contribution in [1.29, 1.82) is 5.26 Å². The highest BCUT2D eigenvalue weighted by Gasteiger charge is 2.17. The third-order valence-electron chi connectivity index (χ3n) is 10.4. The van der Waals surface area contributed by atoms with Gasteiger partial charge in [0.25, 0.3) is 0 Å². The Bertz CT molecular complexity index is 3110. The highest BCUT2D eigenvalue weighted by molar-refractivity contribution is 6.13. The Morgan fingerprint density at radius 3 is 1.53 bits per heavy atom. The van der Waals surface area contributed by atoms with E-state index in [2.05, 4.69) is 91.0 Å². The second-order valence-corrected chi connectivity index (χ2v) is 13.9. The van der Waals surface area contributed by atoms with Crippen molar-refractivity contribution in [2.45, 2.75) is 0 Å². The van der Waals surface area contributed by atoms with Crippen molar-refractivity contribution in [1.82, 2.24) is 15.0 Å². The first-order valence-corrected chi connectivity index (χ1v) is 18.8. The molecule has 2 heterocycles. The van der Waals surface area contributed by atoms with E-state index in [0.29, 0.717) is 23.0 Å². The summed E-state index contributed by atoms with van der Waals surface area (Å²) in [5.74, 6) is 1.67. The fourth-order valence-corrected chi connectivity index (χ4v) is 7.54. The van der Waals surface area contributed by atoms with Crippen LogP contribution >= 0.6 is 0 Å². The van der Waals surface area contributed by atoms with Gasteiger partial charge in [0.05, 0.1) is 11.6 Å². The summed E-state index contributed by atoms with van der Waals surface area (Å²) in [4.78, 5) is 15.0. The van der Waals surface area contributed by atoms with Crippen molar-refractivity contribution >= 4 is 21.9 Å². The molecule has 0 bridgehead atoms. The molecular weight excluding hydrogens is 697 g/mol. The number of rotatable bonds is 7. The molecule has 57 heavy (non-hydrogen) atoms. The number of nitrogens with zero attached hydrogens (tertiary/aromatic N) is 4. The van der Waals surface area contributed by atoms with Crippen LogP contribution in [-0.4, -0.2) is 15.0 Å². The molecule has 0 unspecified atom stereocenters. The van der Waals surface area contributed by atoms with Gasteiger partial charge < -0.3 is 4.42 Å². The lowest BCUT2D eigenvalue weighted by atomic mass is 9.94. The quantitative estimate of drug-likeness (QED) is 0.163. The third-order valence-corrected chi connectivity index (χ3v) is 10.4. The van der Waals surface area contributed by atoms with Crippen LogP contribution in [0.15, 0.2) is 199 Å². The number of hydrogen-bond donors (Lipinski definition) is 0. The minimum atomic E-state index is 0.545. The first kappa shape index (κ1) is 33.6. The molecule has 2 aromatic heterocycles.